The Bertz CT molecular complexity index is 1260. The third-order valence-corrected chi connectivity index (χ3v) is 7.95. The standard InChI is InChI=1S/C27H34N4O3S/c1-21-9-7-8-12-24(21)20-35(33,34)27-28-17-25(31(27)18-22-10-5-4-6-11-22)19-30(16-15-29(2)3)26(32)23-13-14-23/h4-12,17,23H,13-16,18-20H2,1-3H3. The second kappa shape index (κ2) is 10.7. The van der Waals surface area contributed by atoms with Crippen molar-refractivity contribution in [3.05, 3.63) is 83.2 Å². The molecule has 0 spiro atoms. The van der Waals surface area contributed by atoms with E-state index in [0.29, 0.717) is 19.6 Å². The molecule has 1 aliphatic carbocycles. The minimum atomic E-state index is -3.71. The van der Waals surface area contributed by atoms with Crippen LogP contribution in [-0.2, 0) is 33.5 Å². The molecule has 3 aromatic rings. The maximum Gasteiger partial charge on any atom is 0.228 e. The number of sulfone groups is 1. The van der Waals surface area contributed by atoms with Crippen LogP contribution in [0.15, 0.2) is 66.0 Å². The van der Waals surface area contributed by atoms with E-state index in [-0.39, 0.29) is 22.7 Å². The predicted molar refractivity (Wildman–Crippen MR) is 137 cm³/mol. The van der Waals surface area contributed by atoms with Crippen molar-refractivity contribution < 1.29 is 13.2 Å². The van der Waals surface area contributed by atoms with Crippen molar-refractivity contribution in [2.24, 2.45) is 5.92 Å². The van der Waals surface area contributed by atoms with Crippen molar-refractivity contribution >= 4 is 15.7 Å². The van der Waals surface area contributed by atoms with E-state index in [9.17, 15) is 13.2 Å². The average molecular weight is 495 g/mol. The molecule has 186 valence electrons. The van der Waals surface area contributed by atoms with Crippen LogP contribution < -0.4 is 0 Å². The van der Waals surface area contributed by atoms with E-state index in [1.165, 1.54) is 0 Å². The monoisotopic (exact) mass is 494 g/mol. The number of rotatable bonds is 11. The third kappa shape index (κ3) is 6.38. The molecule has 0 atom stereocenters. The van der Waals surface area contributed by atoms with Gasteiger partial charge in [0.2, 0.25) is 20.9 Å². The van der Waals surface area contributed by atoms with Crippen molar-refractivity contribution in [2.45, 2.75) is 43.8 Å². The van der Waals surface area contributed by atoms with Crippen molar-refractivity contribution in [1.82, 2.24) is 19.4 Å². The largest absolute Gasteiger partial charge is 0.335 e. The molecule has 0 saturated heterocycles. The van der Waals surface area contributed by atoms with Crippen LogP contribution in [0.2, 0.25) is 0 Å². The van der Waals surface area contributed by atoms with Gasteiger partial charge < -0.3 is 14.4 Å². The molecule has 1 saturated carbocycles. The van der Waals surface area contributed by atoms with Gasteiger partial charge >= 0.3 is 0 Å². The van der Waals surface area contributed by atoms with Gasteiger partial charge in [-0.15, -0.1) is 0 Å². The zero-order chi connectivity index (χ0) is 25.0. The van der Waals surface area contributed by atoms with Gasteiger partial charge in [0.1, 0.15) is 0 Å². The van der Waals surface area contributed by atoms with E-state index >= 15 is 0 Å². The summed E-state index contributed by atoms with van der Waals surface area (Å²) >= 11 is 0. The van der Waals surface area contributed by atoms with Crippen LogP contribution >= 0.6 is 0 Å². The number of carbonyl (C=O) groups is 1. The van der Waals surface area contributed by atoms with E-state index in [1.807, 2.05) is 85.4 Å². The molecule has 0 aliphatic heterocycles. The molecule has 4 rings (SSSR count). The lowest BCUT2D eigenvalue weighted by atomic mass is 10.1. The second-order valence-corrected chi connectivity index (χ2v) is 11.5. The Balaban J connectivity index is 1.68. The Morgan fingerprint density at radius 1 is 1.03 bits per heavy atom. The molecule has 1 fully saturated rings. The molecule has 0 bridgehead atoms. The van der Waals surface area contributed by atoms with Crippen LogP contribution in [0.25, 0.3) is 0 Å². The normalized spacial score (nSPS) is 13.8. The lowest BCUT2D eigenvalue weighted by Gasteiger charge is -2.25. The third-order valence-electron chi connectivity index (χ3n) is 6.38. The summed E-state index contributed by atoms with van der Waals surface area (Å²) in [7, 11) is 0.252. The molecule has 0 radical (unpaired) electrons. The SMILES string of the molecule is Cc1ccccc1CS(=O)(=O)c1ncc(CN(CCN(C)C)C(=O)C2CC2)n1Cc1ccccc1. The first-order chi connectivity index (χ1) is 16.7. The minimum Gasteiger partial charge on any atom is -0.335 e. The van der Waals surface area contributed by atoms with E-state index in [0.717, 1.165) is 41.8 Å². The number of imidazole rings is 1. The molecule has 7 nitrogen and oxygen atoms in total. The smallest absolute Gasteiger partial charge is 0.228 e. The maximum atomic E-state index is 13.6. The van der Waals surface area contributed by atoms with Crippen molar-refractivity contribution in [1.29, 1.82) is 0 Å². The van der Waals surface area contributed by atoms with E-state index in [1.54, 1.807) is 10.8 Å². The van der Waals surface area contributed by atoms with Gasteiger partial charge in [0.25, 0.3) is 0 Å². The molecular formula is C27H34N4O3S. The average Bonchev–Trinajstić information content (AvgIpc) is 3.60. The Hall–Kier alpha value is -2.97. The maximum absolute atomic E-state index is 13.6. The number of nitrogens with zero attached hydrogens (tertiary/aromatic N) is 4. The Labute approximate surface area is 208 Å². The first-order valence-corrected chi connectivity index (χ1v) is 13.7. The Morgan fingerprint density at radius 3 is 2.37 bits per heavy atom. The zero-order valence-electron chi connectivity index (χ0n) is 20.7. The van der Waals surface area contributed by atoms with Gasteiger partial charge in [-0.1, -0.05) is 54.6 Å². The second-order valence-electron chi connectivity index (χ2n) is 9.63. The Morgan fingerprint density at radius 2 is 1.71 bits per heavy atom. The number of hydrogen-bond donors (Lipinski definition) is 0. The summed E-state index contributed by atoms with van der Waals surface area (Å²) < 4.78 is 28.9. The van der Waals surface area contributed by atoms with E-state index < -0.39 is 9.84 Å². The molecule has 2 aromatic carbocycles. The van der Waals surface area contributed by atoms with Crippen LogP contribution in [0.3, 0.4) is 0 Å². The van der Waals surface area contributed by atoms with Gasteiger partial charge in [-0.05, 0) is 50.6 Å². The zero-order valence-corrected chi connectivity index (χ0v) is 21.5. The summed E-state index contributed by atoms with van der Waals surface area (Å²) in [4.78, 5) is 21.3. The summed E-state index contributed by atoms with van der Waals surface area (Å²) in [6.07, 6.45) is 3.48. The van der Waals surface area contributed by atoms with Gasteiger partial charge in [0.05, 0.1) is 30.7 Å². The summed E-state index contributed by atoms with van der Waals surface area (Å²) in [5, 5.41) is 0.0473. The highest BCUT2D eigenvalue weighted by Gasteiger charge is 2.34. The lowest BCUT2D eigenvalue weighted by Crippen LogP contribution is -2.37. The minimum absolute atomic E-state index is 0.0473. The predicted octanol–water partition coefficient (Wildman–Crippen LogP) is 3.51. The fraction of sp³-hybridized carbons (Fsp3) is 0.407. The van der Waals surface area contributed by atoms with Crippen LogP contribution in [0.5, 0.6) is 0 Å². The number of likely N-dealkylation sites (N-methyl/N-ethyl adjacent to an activating group) is 1. The molecule has 1 heterocycles. The number of benzene rings is 2. The quantitative estimate of drug-likeness (QED) is 0.408. The van der Waals surface area contributed by atoms with Crippen molar-refractivity contribution in [3.63, 3.8) is 0 Å². The molecular weight excluding hydrogens is 460 g/mol. The van der Waals surface area contributed by atoms with Gasteiger partial charge in [-0.3, -0.25) is 4.79 Å². The molecule has 35 heavy (non-hydrogen) atoms. The summed E-state index contributed by atoms with van der Waals surface area (Å²) in [5.41, 5.74) is 3.40. The number of aryl methyl sites for hydroxylation is 1. The number of hydrogen-bond acceptors (Lipinski definition) is 5. The van der Waals surface area contributed by atoms with Crippen LogP contribution in [0.1, 0.15) is 35.2 Å². The van der Waals surface area contributed by atoms with Crippen molar-refractivity contribution in [2.75, 3.05) is 27.2 Å². The van der Waals surface area contributed by atoms with E-state index in [2.05, 4.69) is 4.98 Å². The molecule has 0 N–H and O–H groups in total. The fourth-order valence-electron chi connectivity index (χ4n) is 4.11. The highest BCUT2D eigenvalue weighted by molar-refractivity contribution is 7.90. The van der Waals surface area contributed by atoms with Crippen molar-refractivity contribution in [3.8, 4) is 0 Å². The van der Waals surface area contributed by atoms with Crippen LogP contribution in [0, 0.1) is 12.8 Å². The summed E-state index contributed by atoms with van der Waals surface area (Å²) in [6.45, 7) is 3.95. The first kappa shape index (κ1) is 25.1. The van der Waals surface area contributed by atoms with Gasteiger partial charge in [0, 0.05) is 19.0 Å². The molecule has 1 aromatic heterocycles. The lowest BCUT2D eigenvalue weighted by molar-refractivity contribution is -0.133. The highest BCUT2D eigenvalue weighted by Crippen LogP contribution is 2.32. The van der Waals surface area contributed by atoms with Crippen LogP contribution in [-0.4, -0.2) is 60.9 Å². The molecule has 0 unspecified atom stereocenters. The summed E-state index contributed by atoms with van der Waals surface area (Å²) in [5.74, 6) is 0.117. The molecule has 1 amide bonds. The van der Waals surface area contributed by atoms with Gasteiger partial charge in [0.15, 0.2) is 0 Å². The number of carbonyl (C=O) groups excluding carboxylic acids is 1. The first-order valence-electron chi connectivity index (χ1n) is 12.0. The van der Waals surface area contributed by atoms with Gasteiger partial charge in [-0.25, -0.2) is 13.4 Å². The summed E-state index contributed by atoms with van der Waals surface area (Å²) in [6, 6.07) is 17.3. The fourth-order valence-corrected chi connectivity index (χ4v) is 5.71. The molecule has 8 heteroatoms. The highest BCUT2D eigenvalue weighted by atomic mass is 32.2. The van der Waals surface area contributed by atoms with E-state index in [4.69, 9.17) is 0 Å². The molecule has 1 aliphatic rings. The Kier molecular flexibility index (Phi) is 7.72. The van der Waals surface area contributed by atoms with Gasteiger partial charge in [-0.2, -0.15) is 0 Å². The number of amides is 1. The topological polar surface area (TPSA) is 75.5 Å². The van der Waals surface area contributed by atoms with Crippen LogP contribution in [0.4, 0.5) is 0 Å². The number of aromatic nitrogens is 2.